The number of nitrogens with one attached hydrogen (secondary N) is 1. The molecule has 1 heterocycles. The van der Waals surface area contributed by atoms with Crippen molar-refractivity contribution in [3.8, 4) is 5.75 Å². The van der Waals surface area contributed by atoms with Crippen molar-refractivity contribution in [3.05, 3.63) is 47.7 Å². The lowest BCUT2D eigenvalue weighted by molar-refractivity contribution is 0.387. The fourth-order valence-electron chi connectivity index (χ4n) is 1.70. The number of anilines is 1. The molecule has 0 radical (unpaired) electrons. The summed E-state index contributed by atoms with van der Waals surface area (Å²) < 4.78 is 23.8. The maximum atomic E-state index is 13.2. The van der Waals surface area contributed by atoms with Gasteiger partial charge in [0.25, 0.3) is 0 Å². The second-order valence-electron chi connectivity index (χ2n) is 4.00. The molecule has 0 saturated carbocycles. The molecule has 0 unspecified atom stereocenters. The van der Waals surface area contributed by atoms with E-state index in [2.05, 4.69) is 5.32 Å². The zero-order valence-electron chi connectivity index (χ0n) is 10.9. The van der Waals surface area contributed by atoms with E-state index in [1.165, 1.54) is 13.2 Å². The SMILES string of the molecule is COc1cc(NCc2ccc(CSC)o2)ccc1F. The van der Waals surface area contributed by atoms with Crippen molar-refractivity contribution in [3.63, 3.8) is 0 Å². The highest BCUT2D eigenvalue weighted by Crippen LogP contribution is 2.22. The largest absolute Gasteiger partial charge is 0.494 e. The van der Waals surface area contributed by atoms with Gasteiger partial charge in [0.15, 0.2) is 11.6 Å². The van der Waals surface area contributed by atoms with Gasteiger partial charge in [-0.15, -0.1) is 0 Å². The molecule has 0 aliphatic carbocycles. The zero-order chi connectivity index (χ0) is 13.7. The van der Waals surface area contributed by atoms with E-state index in [1.807, 2.05) is 18.4 Å². The summed E-state index contributed by atoms with van der Waals surface area (Å²) in [5.41, 5.74) is 0.793. The van der Waals surface area contributed by atoms with Crippen LogP contribution in [0.3, 0.4) is 0 Å². The minimum atomic E-state index is -0.367. The van der Waals surface area contributed by atoms with Gasteiger partial charge >= 0.3 is 0 Å². The molecule has 1 aromatic carbocycles. The predicted molar refractivity (Wildman–Crippen MR) is 76.2 cm³/mol. The van der Waals surface area contributed by atoms with E-state index < -0.39 is 0 Å². The van der Waals surface area contributed by atoms with Gasteiger partial charge in [-0.2, -0.15) is 11.8 Å². The molecule has 19 heavy (non-hydrogen) atoms. The van der Waals surface area contributed by atoms with Crippen LogP contribution in [0.2, 0.25) is 0 Å². The molecule has 0 amide bonds. The minimum absolute atomic E-state index is 0.229. The monoisotopic (exact) mass is 281 g/mol. The molecular formula is C14H16FNO2S. The van der Waals surface area contributed by atoms with Crippen LogP contribution in [-0.2, 0) is 12.3 Å². The normalized spacial score (nSPS) is 10.5. The van der Waals surface area contributed by atoms with Crippen LogP contribution < -0.4 is 10.1 Å². The van der Waals surface area contributed by atoms with Gasteiger partial charge in [0, 0.05) is 11.8 Å². The number of ether oxygens (including phenoxy) is 1. The Hall–Kier alpha value is -1.62. The zero-order valence-corrected chi connectivity index (χ0v) is 11.7. The lowest BCUT2D eigenvalue weighted by Gasteiger charge is -2.07. The van der Waals surface area contributed by atoms with Crippen molar-refractivity contribution in [1.29, 1.82) is 0 Å². The van der Waals surface area contributed by atoms with Crippen molar-refractivity contribution in [2.24, 2.45) is 0 Å². The summed E-state index contributed by atoms with van der Waals surface area (Å²) in [5.74, 6) is 2.54. The Bertz CT molecular complexity index is 542. The Morgan fingerprint density at radius 1 is 1.26 bits per heavy atom. The Morgan fingerprint density at radius 3 is 2.79 bits per heavy atom. The average Bonchev–Trinajstić information content (AvgIpc) is 2.86. The van der Waals surface area contributed by atoms with E-state index in [0.29, 0.717) is 6.54 Å². The molecule has 102 valence electrons. The van der Waals surface area contributed by atoms with Gasteiger partial charge in [0.05, 0.1) is 19.4 Å². The Morgan fingerprint density at radius 2 is 2.05 bits per heavy atom. The van der Waals surface area contributed by atoms with Crippen molar-refractivity contribution in [1.82, 2.24) is 0 Å². The predicted octanol–water partition coefficient (Wildman–Crippen LogP) is 3.90. The second kappa shape index (κ2) is 6.52. The summed E-state index contributed by atoms with van der Waals surface area (Å²) in [4.78, 5) is 0. The molecule has 0 fully saturated rings. The Labute approximate surface area is 116 Å². The molecule has 0 aliphatic heterocycles. The summed E-state index contributed by atoms with van der Waals surface area (Å²) in [5, 5.41) is 3.17. The summed E-state index contributed by atoms with van der Waals surface area (Å²) in [7, 11) is 1.45. The van der Waals surface area contributed by atoms with Crippen LogP contribution >= 0.6 is 11.8 Å². The molecule has 0 bridgehead atoms. The van der Waals surface area contributed by atoms with Crippen molar-refractivity contribution >= 4 is 17.4 Å². The van der Waals surface area contributed by atoms with Crippen molar-refractivity contribution in [2.45, 2.75) is 12.3 Å². The number of hydrogen-bond acceptors (Lipinski definition) is 4. The highest BCUT2D eigenvalue weighted by molar-refractivity contribution is 7.97. The van der Waals surface area contributed by atoms with Gasteiger partial charge in [-0.1, -0.05) is 0 Å². The second-order valence-corrected chi connectivity index (χ2v) is 4.87. The fourth-order valence-corrected chi connectivity index (χ4v) is 2.14. The minimum Gasteiger partial charge on any atom is -0.494 e. The van der Waals surface area contributed by atoms with Crippen LogP contribution in [0.25, 0.3) is 0 Å². The average molecular weight is 281 g/mol. The first-order valence-electron chi connectivity index (χ1n) is 5.87. The number of methoxy groups -OCH3 is 1. The van der Waals surface area contributed by atoms with E-state index in [4.69, 9.17) is 9.15 Å². The van der Waals surface area contributed by atoms with E-state index in [9.17, 15) is 4.39 Å². The molecule has 0 saturated heterocycles. The third kappa shape index (κ3) is 3.67. The van der Waals surface area contributed by atoms with Crippen LogP contribution in [-0.4, -0.2) is 13.4 Å². The van der Waals surface area contributed by atoms with Gasteiger partial charge in [0.1, 0.15) is 11.5 Å². The van der Waals surface area contributed by atoms with Gasteiger partial charge < -0.3 is 14.5 Å². The lowest BCUT2D eigenvalue weighted by Crippen LogP contribution is -1.99. The maximum Gasteiger partial charge on any atom is 0.165 e. The standard InChI is InChI=1S/C14H16FNO2S/c1-17-14-7-10(3-6-13(14)15)16-8-11-4-5-12(18-11)9-19-2/h3-7,16H,8-9H2,1-2H3. The third-order valence-electron chi connectivity index (χ3n) is 2.62. The topological polar surface area (TPSA) is 34.4 Å². The fraction of sp³-hybridized carbons (Fsp3) is 0.286. The number of thioether (sulfide) groups is 1. The molecule has 3 nitrogen and oxygen atoms in total. The maximum absolute atomic E-state index is 13.2. The molecule has 0 spiro atoms. The number of halogens is 1. The molecule has 5 heteroatoms. The molecule has 2 rings (SSSR count). The van der Waals surface area contributed by atoms with E-state index in [1.54, 1.807) is 23.9 Å². The van der Waals surface area contributed by atoms with Crippen LogP contribution in [0.15, 0.2) is 34.7 Å². The highest BCUT2D eigenvalue weighted by Gasteiger charge is 2.05. The smallest absolute Gasteiger partial charge is 0.165 e. The van der Waals surface area contributed by atoms with Gasteiger partial charge in [-0.3, -0.25) is 0 Å². The summed E-state index contributed by atoms with van der Waals surface area (Å²) in [6.45, 7) is 0.559. The summed E-state index contributed by atoms with van der Waals surface area (Å²) >= 11 is 1.72. The van der Waals surface area contributed by atoms with E-state index in [0.717, 1.165) is 23.0 Å². The van der Waals surface area contributed by atoms with Crippen LogP contribution in [0, 0.1) is 5.82 Å². The molecule has 2 aromatic rings. The number of furan rings is 1. The first kappa shape index (κ1) is 13.8. The molecular weight excluding hydrogens is 265 g/mol. The Balaban J connectivity index is 1.97. The van der Waals surface area contributed by atoms with E-state index >= 15 is 0 Å². The van der Waals surface area contributed by atoms with Crippen LogP contribution in [0.4, 0.5) is 10.1 Å². The quantitative estimate of drug-likeness (QED) is 0.870. The van der Waals surface area contributed by atoms with E-state index in [-0.39, 0.29) is 11.6 Å². The highest BCUT2D eigenvalue weighted by atomic mass is 32.2. The van der Waals surface area contributed by atoms with Crippen LogP contribution in [0.5, 0.6) is 5.75 Å². The number of rotatable bonds is 6. The number of hydrogen-bond donors (Lipinski definition) is 1. The molecule has 1 aromatic heterocycles. The number of benzene rings is 1. The van der Waals surface area contributed by atoms with Crippen molar-refractivity contribution < 1.29 is 13.5 Å². The summed E-state index contributed by atoms with van der Waals surface area (Å²) in [6.07, 6.45) is 2.03. The molecule has 1 N–H and O–H groups in total. The first-order chi connectivity index (χ1) is 9.22. The summed E-state index contributed by atoms with van der Waals surface area (Å²) in [6, 6.07) is 8.59. The third-order valence-corrected chi connectivity index (χ3v) is 3.19. The molecule has 0 aliphatic rings. The lowest BCUT2D eigenvalue weighted by atomic mass is 10.3. The van der Waals surface area contributed by atoms with Gasteiger partial charge in [0.2, 0.25) is 0 Å². The molecule has 0 atom stereocenters. The van der Waals surface area contributed by atoms with Crippen molar-refractivity contribution in [2.75, 3.05) is 18.7 Å². The van der Waals surface area contributed by atoms with Gasteiger partial charge in [-0.25, -0.2) is 4.39 Å². The van der Waals surface area contributed by atoms with Crippen LogP contribution in [0.1, 0.15) is 11.5 Å². The first-order valence-corrected chi connectivity index (χ1v) is 7.26. The Kier molecular flexibility index (Phi) is 4.74. The van der Waals surface area contributed by atoms with Gasteiger partial charge in [-0.05, 0) is 30.5 Å².